The smallest absolute Gasteiger partial charge is 0.283 e. The van der Waals surface area contributed by atoms with Crippen LogP contribution < -0.4 is 5.32 Å². The van der Waals surface area contributed by atoms with Gasteiger partial charge in [0.05, 0.1) is 16.0 Å². The van der Waals surface area contributed by atoms with Crippen LogP contribution in [-0.2, 0) is 0 Å². The molecule has 0 atom stereocenters. The largest absolute Gasteiger partial charge is 0.334 e. The molecule has 1 amide bonds. The molecule has 1 aromatic carbocycles. The summed E-state index contributed by atoms with van der Waals surface area (Å²) in [5.41, 5.74) is -1.77. The molecule has 0 aliphatic carbocycles. The zero-order valence-electron chi connectivity index (χ0n) is 9.73. The van der Waals surface area contributed by atoms with Gasteiger partial charge >= 0.3 is 0 Å². The molecule has 1 N–H and O–H groups in total. The van der Waals surface area contributed by atoms with Crippen LogP contribution in [0.1, 0.15) is 24.2 Å². The number of hydrogen-bond acceptors (Lipinski definition) is 4. The van der Waals surface area contributed by atoms with Gasteiger partial charge in [0.1, 0.15) is 11.1 Å². The van der Waals surface area contributed by atoms with E-state index in [0.29, 0.717) is 0 Å². The van der Waals surface area contributed by atoms with Crippen LogP contribution in [0.15, 0.2) is 18.2 Å². The Morgan fingerprint density at radius 2 is 2.17 bits per heavy atom. The molecule has 0 aromatic heterocycles. The SMILES string of the molecule is CC(C)(C#N)NC(=O)c1c(Cl)cccc1[N+](=O)[O-]. The lowest BCUT2D eigenvalue weighted by atomic mass is 10.1. The first-order chi connectivity index (χ1) is 8.28. The number of nitro benzene ring substituents is 1. The van der Waals surface area contributed by atoms with Gasteiger partial charge in [0.25, 0.3) is 11.6 Å². The van der Waals surface area contributed by atoms with Crippen molar-refractivity contribution in [3.8, 4) is 6.07 Å². The molecule has 0 saturated heterocycles. The quantitative estimate of drug-likeness (QED) is 0.671. The second-order valence-corrected chi connectivity index (χ2v) is 4.49. The molecule has 94 valence electrons. The molecule has 0 aliphatic heterocycles. The Kier molecular flexibility index (Phi) is 3.89. The highest BCUT2D eigenvalue weighted by Gasteiger charge is 2.27. The lowest BCUT2D eigenvalue weighted by Crippen LogP contribution is -2.42. The lowest BCUT2D eigenvalue weighted by molar-refractivity contribution is -0.385. The summed E-state index contributed by atoms with van der Waals surface area (Å²) in [6.07, 6.45) is 0. The van der Waals surface area contributed by atoms with Crippen LogP contribution in [0.4, 0.5) is 5.69 Å². The Morgan fingerprint density at radius 1 is 1.56 bits per heavy atom. The van der Waals surface area contributed by atoms with Gasteiger partial charge < -0.3 is 5.32 Å². The van der Waals surface area contributed by atoms with E-state index in [9.17, 15) is 14.9 Å². The van der Waals surface area contributed by atoms with Crippen molar-refractivity contribution < 1.29 is 9.72 Å². The molecule has 1 aromatic rings. The molecule has 0 fully saturated rings. The van der Waals surface area contributed by atoms with Gasteiger partial charge in [-0.2, -0.15) is 5.26 Å². The molecular formula is C11H10ClN3O3. The van der Waals surface area contributed by atoms with Crippen LogP contribution in [0, 0.1) is 21.4 Å². The summed E-state index contributed by atoms with van der Waals surface area (Å²) in [6.45, 7) is 2.96. The molecule has 0 heterocycles. The van der Waals surface area contributed by atoms with E-state index in [0.717, 1.165) is 0 Å². The topological polar surface area (TPSA) is 96.0 Å². The Balaban J connectivity index is 3.22. The van der Waals surface area contributed by atoms with Crippen LogP contribution in [0.3, 0.4) is 0 Å². The number of nitro groups is 1. The van der Waals surface area contributed by atoms with Crippen molar-refractivity contribution >= 4 is 23.2 Å². The van der Waals surface area contributed by atoms with Crippen molar-refractivity contribution in [3.05, 3.63) is 38.9 Å². The first kappa shape index (κ1) is 13.9. The summed E-state index contributed by atoms with van der Waals surface area (Å²) < 4.78 is 0. The van der Waals surface area contributed by atoms with Crippen LogP contribution in [0.2, 0.25) is 5.02 Å². The van der Waals surface area contributed by atoms with E-state index < -0.39 is 22.1 Å². The molecule has 1 rings (SSSR count). The van der Waals surface area contributed by atoms with Crippen molar-refractivity contribution in [1.29, 1.82) is 5.26 Å². The fourth-order valence-electron chi connectivity index (χ4n) is 1.26. The van der Waals surface area contributed by atoms with Crippen molar-refractivity contribution in [3.63, 3.8) is 0 Å². The number of carbonyl (C=O) groups excluding carboxylic acids is 1. The molecule has 18 heavy (non-hydrogen) atoms. The molecular weight excluding hydrogens is 258 g/mol. The van der Waals surface area contributed by atoms with Gasteiger partial charge in [-0.3, -0.25) is 14.9 Å². The van der Waals surface area contributed by atoms with Gasteiger partial charge in [0, 0.05) is 6.07 Å². The minimum Gasteiger partial charge on any atom is -0.334 e. The fourth-order valence-corrected chi connectivity index (χ4v) is 1.52. The second kappa shape index (κ2) is 5.02. The predicted molar refractivity (Wildman–Crippen MR) is 65.3 cm³/mol. The van der Waals surface area contributed by atoms with Gasteiger partial charge in [-0.15, -0.1) is 0 Å². The monoisotopic (exact) mass is 267 g/mol. The van der Waals surface area contributed by atoms with E-state index in [-0.39, 0.29) is 10.6 Å². The molecule has 0 spiro atoms. The third-order valence-electron chi connectivity index (χ3n) is 2.12. The van der Waals surface area contributed by atoms with E-state index in [1.807, 2.05) is 6.07 Å². The van der Waals surface area contributed by atoms with Gasteiger partial charge in [0.15, 0.2) is 0 Å². The Hall–Kier alpha value is -2.13. The minimum atomic E-state index is -1.13. The van der Waals surface area contributed by atoms with E-state index in [1.165, 1.54) is 32.0 Å². The van der Waals surface area contributed by atoms with Gasteiger partial charge in [-0.05, 0) is 19.9 Å². The number of nitrogens with zero attached hydrogens (tertiary/aromatic N) is 2. The van der Waals surface area contributed by atoms with E-state index in [1.54, 1.807) is 0 Å². The van der Waals surface area contributed by atoms with Crippen molar-refractivity contribution in [1.82, 2.24) is 5.32 Å². The number of benzene rings is 1. The maximum atomic E-state index is 11.9. The first-order valence-electron chi connectivity index (χ1n) is 4.95. The van der Waals surface area contributed by atoms with Gasteiger partial charge in [-0.1, -0.05) is 17.7 Å². The molecule has 0 unspecified atom stereocenters. The zero-order chi connectivity index (χ0) is 13.9. The van der Waals surface area contributed by atoms with Crippen LogP contribution in [0.25, 0.3) is 0 Å². The van der Waals surface area contributed by atoms with Crippen LogP contribution in [0.5, 0.6) is 0 Å². The molecule has 0 radical (unpaired) electrons. The molecule has 6 nitrogen and oxygen atoms in total. The number of carbonyl (C=O) groups is 1. The Morgan fingerprint density at radius 3 is 2.67 bits per heavy atom. The van der Waals surface area contributed by atoms with Crippen LogP contribution >= 0.6 is 11.6 Å². The number of rotatable bonds is 3. The van der Waals surface area contributed by atoms with Crippen LogP contribution in [-0.4, -0.2) is 16.4 Å². The highest BCUT2D eigenvalue weighted by molar-refractivity contribution is 6.34. The third kappa shape index (κ3) is 2.96. The van der Waals surface area contributed by atoms with Gasteiger partial charge in [0.2, 0.25) is 0 Å². The van der Waals surface area contributed by atoms with Crippen molar-refractivity contribution in [2.45, 2.75) is 19.4 Å². The lowest BCUT2D eigenvalue weighted by Gasteiger charge is -2.17. The number of halogens is 1. The highest BCUT2D eigenvalue weighted by atomic mass is 35.5. The van der Waals surface area contributed by atoms with E-state index >= 15 is 0 Å². The maximum Gasteiger partial charge on any atom is 0.283 e. The van der Waals surface area contributed by atoms with Gasteiger partial charge in [-0.25, -0.2) is 0 Å². The van der Waals surface area contributed by atoms with E-state index in [2.05, 4.69) is 5.32 Å². The summed E-state index contributed by atoms with van der Waals surface area (Å²) >= 11 is 5.79. The summed E-state index contributed by atoms with van der Waals surface area (Å²) in [4.78, 5) is 22.0. The number of nitriles is 1. The maximum absolute atomic E-state index is 11.9. The second-order valence-electron chi connectivity index (χ2n) is 4.08. The highest BCUT2D eigenvalue weighted by Crippen LogP contribution is 2.26. The summed E-state index contributed by atoms with van der Waals surface area (Å²) in [6, 6.07) is 5.81. The average molecular weight is 268 g/mol. The molecule has 0 saturated carbocycles. The molecule has 0 bridgehead atoms. The Bertz CT molecular complexity index is 549. The Labute approximate surface area is 108 Å². The number of hydrogen-bond donors (Lipinski definition) is 1. The fraction of sp³-hybridized carbons (Fsp3) is 0.273. The van der Waals surface area contributed by atoms with Crippen molar-refractivity contribution in [2.24, 2.45) is 0 Å². The third-order valence-corrected chi connectivity index (χ3v) is 2.44. The van der Waals surface area contributed by atoms with E-state index in [4.69, 9.17) is 16.9 Å². The molecule has 0 aliphatic rings. The minimum absolute atomic E-state index is 0.0320. The summed E-state index contributed by atoms with van der Waals surface area (Å²) in [5, 5.41) is 22.0. The first-order valence-corrected chi connectivity index (χ1v) is 5.33. The predicted octanol–water partition coefficient (Wildman–Crippen LogP) is 2.28. The summed E-state index contributed by atoms with van der Waals surface area (Å²) in [5.74, 6) is -0.751. The summed E-state index contributed by atoms with van der Waals surface area (Å²) in [7, 11) is 0. The van der Waals surface area contributed by atoms with Crippen molar-refractivity contribution in [2.75, 3.05) is 0 Å². The average Bonchev–Trinajstić information content (AvgIpc) is 2.27. The normalized spacial score (nSPS) is 10.6. The zero-order valence-corrected chi connectivity index (χ0v) is 10.5. The molecule has 7 heteroatoms. The number of nitrogens with one attached hydrogen (secondary N) is 1. The standard InChI is InChI=1S/C11H10ClN3O3/c1-11(2,6-13)14-10(16)9-7(12)4-3-5-8(9)15(17)18/h3-5H,1-2H3,(H,14,16). The number of amides is 1.